The molecule has 0 aliphatic carbocycles. The van der Waals surface area contributed by atoms with Crippen molar-refractivity contribution < 1.29 is 13.6 Å². The minimum atomic E-state index is -0.566. The highest BCUT2D eigenvalue weighted by Crippen LogP contribution is 2.27. The third-order valence-corrected chi connectivity index (χ3v) is 5.14. The van der Waals surface area contributed by atoms with E-state index in [4.69, 9.17) is 0 Å². The molecule has 2 aromatic carbocycles. The number of halogens is 2. The molecule has 1 amide bonds. The van der Waals surface area contributed by atoms with Crippen LogP contribution in [0, 0.1) is 12.7 Å². The molecule has 0 aromatic heterocycles. The van der Waals surface area contributed by atoms with Crippen LogP contribution in [0.25, 0.3) is 0 Å². The fourth-order valence-electron chi connectivity index (χ4n) is 3.29. The standard InChI is InChI=1S/C26H30F2N2O/c1-5-22(27)14-11-18(2)12-16-24(21-13-15-23(28)19(3)17-21)30-25(26(31)29-4)20-9-7-6-8-10-20/h5-11,13-15,17,24-25,30H,1,12,16H2,2-4H3,(H,29,31)/b18-11+,22-14+/t24-,25?/m0/s1. The first-order chi connectivity index (χ1) is 14.8. The molecule has 2 atom stereocenters. The molecule has 0 saturated carbocycles. The number of carbonyl (C=O) groups excluding carboxylic acids is 1. The van der Waals surface area contributed by atoms with Crippen LogP contribution in [0.2, 0.25) is 0 Å². The molecule has 0 heterocycles. The number of allylic oxidation sites excluding steroid dienone is 5. The van der Waals surface area contributed by atoms with Crippen molar-refractivity contribution in [3.05, 3.63) is 107 Å². The second-order valence-electron chi connectivity index (χ2n) is 7.49. The Morgan fingerprint density at radius 3 is 2.45 bits per heavy atom. The van der Waals surface area contributed by atoms with Crippen LogP contribution < -0.4 is 10.6 Å². The van der Waals surface area contributed by atoms with E-state index in [1.54, 1.807) is 32.2 Å². The predicted octanol–water partition coefficient (Wildman–Crippen LogP) is 6.02. The van der Waals surface area contributed by atoms with Gasteiger partial charge in [0.2, 0.25) is 5.91 Å². The molecule has 0 bridgehead atoms. The lowest BCUT2D eigenvalue weighted by atomic mass is 9.95. The summed E-state index contributed by atoms with van der Waals surface area (Å²) < 4.78 is 27.2. The SMILES string of the molecule is C=C/C(F)=C\C=C(/C)CC[C@H](NC(C(=O)NC)c1ccccc1)c1ccc(F)c(C)c1. The van der Waals surface area contributed by atoms with Crippen molar-refractivity contribution in [2.75, 3.05) is 7.05 Å². The first-order valence-corrected chi connectivity index (χ1v) is 10.3. The Morgan fingerprint density at radius 1 is 1.13 bits per heavy atom. The summed E-state index contributed by atoms with van der Waals surface area (Å²) in [4.78, 5) is 12.6. The minimum absolute atomic E-state index is 0.154. The van der Waals surface area contributed by atoms with Gasteiger partial charge in [-0.05, 0) is 61.6 Å². The van der Waals surface area contributed by atoms with Crippen molar-refractivity contribution in [2.24, 2.45) is 0 Å². The summed E-state index contributed by atoms with van der Waals surface area (Å²) in [6.07, 6.45) is 5.58. The van der Waals surface area contributed by atoms with Crippen LogP contribution in [0.5, 0.6) is 0 Å². The molecule has 0 saturated heterocycles. The van der Waals surface area contributed by atoms with Gasteiger partial charge in [-0.3, -0.25) is 10.1 Å². The molecule has 31 heavy (non-hydrogen) atoms. The molecule has 0 aliphatic heterocycles. The number of carbonyl (C=O) groups is 1. The molecule has 2 aromatic rings. The van der Waals surface area contributed by atoms with Gasteiger partial charge in [0, 0.05) is 13.1 Å². The molecule has 5 heteroatoms. The van der Waals surface area contributed by atoms with Crippen LogP contribution in [0.4, 0.5) is 8.78 Å². The second-order valence-corrected chi connectivity index (χ2v) is 7.49. The average molecular weight is 425 g/mol. The summed E-state index contributed by atoms with van der Waals surface area (Å²) in [5, 5.41) is 6.16. The summed E-state index contributed by atoms with van der Waals surface area (Å²) in [6, 6.07) is 13.7. The highest BCUT2D eigenvalue weighted by atomic mass is 19.1. The molecule has 0 fully saturated rings. The van der Waals surface area contributed by atoms with E-state index in [1.807, 2.05) is 37.3 Å². The van der Waals surface area contributed by atoms with Gasteiger partial charge < -0.3 is 5.32 Å². The first-order valence-electron chi connectivity index (χ1n) is 10.3. The number of amides is 1. The molecule has 2 N–H and O–H groups in total. The lowest BCUT2D eigenvalue weighted by Gasteiger charge is -2.26. The molecule has 0 spiro atoms. The summed E-state index contributed by atoms with van der Waals surface area (Å²) in [5.41, 5.74) is 3.26. The van der Waals surface area contributed by atoms with Crippen molar-refractivity contribution >= 4 is 5.91 Å². The number of aryl methyl sites for hydroxylation is 1. The lowest BCUT2D eigenvalue weighted by molar-refractivity contribution is -0.123. The van der Waals surface area contributed by atoms with Crippen LogP contribution in [-0.4, -0.2) is 13.0 Å². The van der Waals surface area contributed by atoms with E-state index in [9.17, 15) is 13.6 Å². The van der Waals surface area contributed by atoms with Gasteiger partial charge in [-0.1, -0.05) is 60.7 Å². The van der Waals surface area contributed by atoms with Crippen LogP contribution in [0.15, 0.2) is 84.7 Å². The van der Waals surface area contributed by atoms with Crippen LogP contribution in [0.3, 0.4) is 0 Å². The molecule has 1 unspecified atom stereocenters. The Balaban J connectivity index is 2.32. The lowest BCUT2D eigenvalue weighted by Crippen LogP contribution is -2.38. The fraction of sp³-hybridized carbons (Fsp3) is 0.269. The molecule has 0 aliphatic rings. The number of likely N-dealkylation sites (N-methyl/N-ethyl adjacent to an activating group) is 1. The Labute approximate surface area is 183 Å². The molecule has 0 radical (unpaired) electrons. The van der Waals surface area contributed by atoms with Gasteiger partial charge in [0.05, 0.1) is 0 Å². The van der Waals surface area contributed by atoms with Gasteiger partial charge >= 0.3 is 0 Å². The Hall–Kier alpha value is -3.05. The maximum Gasteiger partial charge on any atom is 0.241 e. The zero-order valence-corrected chi connectivity index (χ0v) is 18.3. The Bertz CT molecular complexity index is 951. The van der Waals surface area contributed by atoms with Crippen LogP contribution in [0.1, 0.15) is 48.5 Å². The zero-order valence-electron chi connectivity index (χ0n) is 18.3. The quantitative estimate of drug-likeness (QED) is 0.458. The van der Waals surface area contributed by atoms with Crippen LogP contribution >= 0.6 is 0 Å². The summed E-state index contributed by atoms with van der Waals surface area (Å²) in [6.45, 7) is 7.05. The third-order valence-electron chi connectivity index (χ3n) is 5.14. The number of benzene rings is 2. The largest absolute Gasteiger partial charge is 0.358 e. The highest BCUT2D eigenvalue weighted by Gasteiger charge is 2.24. The maximum atomic E-state index is 13.9. The molecule has 164 valence electrons. The molecular formula is C26H30F2N2O. The van der Waals surface area contributed by atoms with Gasteiger partial charge in [-0.15, -0.1) is 0 Å². The normalized spacial score (nSPS) is 14.1. The molecular weight excluding hydrogens is 394 g/mol. The molecule has 2 rings (SSSR count). The van der Waals surface area contributed by atoms with E-state index < -0.39 is 11.9 Å². The van der Waals surface area contributed by atoms with Gasteiger partial charge in [0.1, 0.15) is 17.7 Å². The number of nitrogens with one attached hydrogen (secondary N) is 2. The van der Waals surface area contributed by atoms with Crippen molar-refractivity contribution in [3.8, 4) is 0 Å². The molecule has 3 nitrogen and oxygen atoms in total. The van der Waals surface area contributed by atoms with Crippen molar-refractivity contribution in [2.45, 2.75) is 38.8 Å². The highest BCUT2D eigenvalue weighted by molar-refractivity contribution is 5.83. The predicted molar refractivity (Wildman–Crippen MR) is 123 cm³/mol. The van der Waals surface area contributed by atoms with E-state index in [0.717, 1.165) is 22.8 Å². The van der Waals surface area contributed by atoms with Crippen molar-refractivity contribution in [1.29, 1.82) is 0 Å². The van der Waals surface area contributed by atoms with E-state index in [0.29, 0.717) is 18.4 Å². The number of hydrogen-bond donors (Lipinski definition) is 2. The minimum Gasteiger partial charge on any atom is -0.358 e. The Morgan fingerprint density at radius 2 is 1.84 bits per heavy atom. The van der Waals surface area contributed by atoms with Gasteiger partial charge in [0.15, 0.2) is 0 Å². The van der Waals surface area contributed by atoms with Gasteiger partial charge in [-0.2, -0.15) is 0 Å². The van der Waals surface area contributed by atoms with Gasteiger partial charge in [-0.25, -0.2) is 8.78 Å². The average Bonchev–Trinajstić information content (AvgIpc) is 2.79. The van der Waals surface area contributed by atoms with E-state index in [2.05, 4.69) is 17.2 Å². The zero-order chi connectivity index (χ0) is 22.8. The van der Waals surface area contributed by atoms with Crippen LogP contribution in [-0.2, 0) is 4.79 Å². The maximum absolute atomic E-state index is 13.9. The van der Waals surface area contributed by atoms with Crippen molar-refractivity contribution in [1.82, 2.24) is 10.6 Å². The smallest absolute Gasteiger partial charge is 0.241 e. The summed E-state index contributed by atoms with van der Waals surface area (Å²) in [7, 11) is 1.60. The fourth-order valence-corrected chi connectivity index (χ4v) is 3.29. The second kappa shape index (κ2) is 12.0. The summed E-state index contributed by atoms with van der Waals surface area (Å²) in [5.74, 6) is -0.820. The first kappa shape index (κ1) is 24.2. The monoisotopic (exact) mass is 424 g/mol. The van der Waals surface area contributed by atoms with Crippen molar-refractivity contribution in [3.63, 3.8) is 0 Å². The van der Waals surface area contributed by atoms with E-state index in [1.165, 1.54) is 12.1 Å². The Kier molecular flexibility index (Phi) is 9.35. The number of hydrogen-bond acceptors (Lipinski definition) is 2. The van der Waals surface area contributed by atoms with E-state index >= 15 is 0 Å². The van der Waals surface area contributed by atoms with Gasteiger partial charge in [0.25, 0.3) is 0 Å². The third kappa shape index (κ3) is 7.30. The van der Waals surface area contributed by atoms with E-state index in [-0.39, 0.29) is 17.8 Å². The topological polar surface area (TPSA) is 41.1 Å². The number of rotatable bonds is 10. The summed E-state index contributed by atoms with van der Waals surface area (Å²) >= 11 is 0.